The van der Waals surface area contributed by atoms with Gasteiger partial charge in [0.25, 0.3) is 5.69 Å². The van der Waals surface area contributed by atoms with E-state index in [-0.39, 0.29) is 44.6 Å². The smallest absolute Gasteiger partial charge is 0.258 e. The molecule has 1 rings (SSSR count). The summed E-state index contributed by atoms with van der Waals surface area (Å²) in [7, 11) is -24.7. The average molecular weight is 895 g/mol. The Labute approximate surface area is 236 Å². The molecule has 0 atom stereocenters. The molecule has 0 N–H and O–H groups in total. The first kappa shape index (κ1) is 58.4. The number of nitrogens with zero attached hydrogens (tertiary/aromatic N) is 1. The Morgan fingerprint density at radius 3 is 0.868 bits per heavy atom. The quantitative estimate of drug-likeness (QED) is 0.0704. The predicted molar refractivity (Wildman–Crippen MR) is 107 cm³/mol. The fraction of sp³-hybridized carbons (Fsp3) is 0.111. The minimum absolute atomic E-state index is 0. The molecule has 29 heteroatoms. The van der Waals surface area contributed by atoms with Crippen LogP contribution in [0.2, 0.25) is 0 Å². The number of nitro groups is 1. The van der Waals surface area contributed by atoms with Crippen LogP contribution in [0.15, 0.2) is 24.3 Å². The third-order valence-electron chi connectivity index (χ3n) is 1.35. The van der Waals surface area contributed by atoms with Gasteiger partial charge in [-0.15, -0.1) is 5.92 Å². The fourth-order valence-electron chi connectivity index (χ4n) is 0.811. The SMILES string of the molecule is CC#Cc1ccc([N+](=O)[O-])cc1.FP(F)F.FP(F)F.FP(F)F.FP(F)F.FP(F)F.FP(F)F.[Rh].[Rh]. The number of halogens is 18. The third kappa shape index (κ3) is 149. The Morgan fingerprint density at radius 1 is 0.553 bits per heavy atom. The summed E-state index contributed by atoms with van der Waals surface area (Å²) in [6, 6.07) is 6.16. The standard InChI is InChI=1S/C9H7NO2.6F3P.2Rh/c1-2-3-8-4-6-9(7-5-8)10(11)12;6*1-4(2)3;;/h4-7H,1H3;;;;;;;;. The van der Waals surface area contributed by atoms with Crippen LogP contribution in [0.3, 0.4) is 0 Å². The maximum atomic E-state index is 10.2. The first-order chi connectivity index (χ1) is 16.1. The molecule has 1 aromatic carbocycles. The van der Waals surface area contributed by atoms with E-state index in [0.29, 0.717) is 0 Å². The molecule has 0 aliphatic rings. The van der Waals surface area contributed by atoms with Crippen LogP contribution in [-0.4, -0.2) is 4.92 Å². The van der Waals surface area contributed by atoms with E-state index in [2.05, 4.69) is 11.8 Å². The van der Waals surface area contributed by atoms with Crippen molar-refractivity contribution in [3.8, 4) is 11.8 Å². The minimum Gasteiger partial charge on any atom is -0.258 e. The zero-order valence-electron chi connectivity index (χ0n) is 16.7. The van der Waals surface area contributed by atoms with Crippen LogP contribution in [0, 0.1) is 22.0 Å². The van der Waals surface area contributed by atoms with Gasteiger partial charge in [-0.3, -0.25) is 10.1 Å². The van der Waals surface area contributed by atoms with Crippen LogP contribution >= 0.6 is 53.1 Å². The summed E-state index contributed by atoms with van der Waals surface area (Å²) in [6.45, 7) is 1.72. The summed E-state index contributed by atoms with van der Waals surface area (Å²) in [5.41, 5.74) is 0.889. The summed E-state index contributed by atoms with van der Waals surface area (Å²) in [6.07, 6.45) is 0. The summed E-state index contributed by atoms with van der Waals surface area (Å²) >= 11 is 0. The molecule has 0 aliphatic carbocycles. The molecule has 0 heterocycles. The molecule has 0 aliphatic heterocycles. The molecule has 0 aromatic heterocycles. The molecule has 0 unspecified atom stereocenters. The van der Waals surface area contributed by atoms with E-state index < -0.39 is 58.0 Å². The largest absolute Gasteiger partial charge is 0.456 e. The predicted octanol–water partition coefficient (Wildman–Crippen LogP) is 14.7. The molecule has 0 spiro atoms. The van der Waals surface area contributed by atoms with Gasteiger partial charge in [0.2, 0.25) is 0 Å². The zero-order valence-corrected chi connectivity index (χ0v) is 25.4. The van der Waals surface area contributed by atoms with E-state index in [9.17, 15) is 85.7 Å². The van der Waals surface area contributed by atoms with Crippen molar-refractivity contribution in [3.63, 3.8) is 0 Å². The molecule has 0 bridgehead atoms. The van der Waals surface area contributed by atoms with Gasteiger partial charge in [0, 0.05) is 56.7 Å². The Morgan fingerprint density at radius 2 is 0.737 bits per heavy atom. The molecule has 1 aromatic rings. The number of non-ortho nitro benzene ring substituents is 1. The second-order valence-corrected chi connectivity index (χ2v) is 5.63. The molecule has 0 amide bonds. The Bertz CT molecular complexity index is 582. The van der Waals surface area contributed by atoms with Crippen LogP contribution in [0.25, 0.3) is 0 Å². The first-order valence-corrected chi connectivity index (χ1v) is 12.5. The minimum atomic E-state index is -4.12. The third-order valence-corrected chi connectivity index (χ3v) is 1.35. The summed E-state index contributed by atoms with van der Waals surface area (Å²) in [4.78, 5) is 9.81. The molecule has 234 valence electrons. The van der Waals surface area contributed by atoms with Crippen molar-refractivity contribution < 1.29 is 119 Å². The molecular formula is C9H7F18NO2P6Rh2. The van der Waals surface area contributed by atoms with Crippen molar-refractivity contribution in [2.24, 2.45) is 0 Å². The van der Waals surface area contributed by atoms with E-state index in [1.165, 1.54) is 12.1 Å². The van der Waals surface area contributed by atoms with E-state index >= 15 is 0 Å². The maximum Gasteiger partial charge on any atom is 0.456 e. The van der Waals surface area contributed by atoms with Crippen LogP contribution in [0.1, 0.15) is 12.5 Å². The van der Waals surface area contributed by atoms with E-state index in [1.807, 2.05) is 0 Å². The zero-order chi connectivity index (χ0) is 30.4. The van der Waals surface area contributed by atoms with Crippen molar-refractivity contribution in [1.29, 1.82) is 0 Å². The molecule has 0 saturated heterocycles. The second-order valence-electron chi connectivity index (χ2n) is 3.33. The van der Waals surface area contributed by atoms with E-state index in [0.717, 1.165) is 5.56 Å². The molecule has 0 fully saturated rings. The van der Waals surface area contributed by atoms with Gasteiger partial charge in [0.15, 0.2) is 0 Å². The first-order valence-electron chi connectivity index (χ1n) is 6.45. The van der Waals surface area contributed by atoms with Crippen LogP contribution < -0.4 is 0 Å². The summed E-state index contributed by atoms with van der Waals surface area (Å²) in [5, 5.41) is 10.2. The number of nitro benzene ring substituents is 1. The van der Waals surface area contributed by atoms with Crippen LogP contribution in [0.5, 0.6) is 0 Å². The van der Waals surface area contributed by atoms with Gasteiger partial charge < -0.3 is 0 Å². The van der Waals surface area contributed by atoms with E-state index in [4.69, 9.17) is 0 Å². The molecule has 0 saturated carbocycles. The van der Waals surface area contributed by atoms with E-state index in [1.54, 1.807) is 19.1 Å². The van der Waals surface area contributed by atoms with Crippen molar-refractivity contribution in [3.05, 3.63) is 39.9 Å². The normalized spacial score (nSPS) is 8.34. The summed E-state index contributed by atoms with van der Waals surface area (Å²) < 4.78 is 175. The van der Waals surface area contributed by atoms with Crippen molar-refractivity contribution >= 4 is 58.8 Å². The molecule has 38 heavy (non-hydrogen) atoms. The Hall–Kier alpha value is 0.747. The Kier molecular flexibility index (Phi) is 68.8. The number of hydrogen-bond acceptors (Lipinski definition) is 2. The Balaban J connectivity index is -0.0000000495. The van der Waals surface area contributed by atoms with Gasteiger partial charge in [-0.1, -0.05) is 5.92 Å². The van der Waals surface area contributed by atoms with Gasteiger partial charge in [-0.25, -0.2) is 0 Å². The van der Waals surface area contributed by atoms with Gasteiger partial charge >= 0.3 is 53.1 Å². The van der Waals surface area contributed by atoms with Crippen molar-refractivity contribution in [2.45, 2.75) is 6.92 Å². The number of rotatable bonds is 1. The van der Waals surface area contributed by atoms with Crippen molar-refractivity contribution in [2.75, 3.05) is 0 Å². The van der Waals surface area contributed by atoms with Crippen LogP contribution in [0.4, 0.5) is 81.2 Å². The van der Waals surface area contributed by atoms with Gasteiger partial charge in [0.1, 0.15) is 0 Å². The summed E-state index contributed by atoms with van der Waals surface area (Å²) in [5.74, 6) is 5.51. The average Bonchev–Trinajstić information content (AvgIpc) is 2.59. The number of benzene rings is 1. The van der Waals surface area contributed by atoms with Crippen LogP contribution in [-0.2, 0) is 39.0 Å². The number of hydrogen-bond donors (Lipinski definition) is 0. The fourth-order valence-corrected chi connectivity index (χ4v) is 0.811. The molecule has 3 nitrogen and oxygen atoms in total. The van der Waals surface area contributed by atoms with Gasteiger partial charge in [0.05, 0.1) is 4.92 Å². The second kappa shape index (κ2) is 44.8. The molecule has 2 radical (unpaired) electrons. The van der Waals surface area contributed by atoms with Gasteiger partial charge in [-0.2, -0.15) is 75.5 Å². The topological polar surface area (TPSA) is 43.1 Å². The van der Waals surface area contributed by atoms with Crippen molar-refractivity contribution in [1.82, 2.24) is 0 Å². The maximum absolute atomic E-state index is 10.2. The molecular weight excluding hydrogens is 888 g/mol. The monoisotopic (exact) mass is 895 g/mol. The van der Waals surface area contributed by atoms with Gasteiger partial charge in [-0.05, 0) is 19.1 Å².